The van der Waals surface area contributed by atoms with E-state index in [1.165, 1.54) is 0 Å². The number of aryl methyl sites for hydroxylation is 1. The molecule has 2 amide bonds. The number of rotatable bonds is 10. The van der Waals surface area contributed by atoms with Crippen LogP contribution >= 0.6 is 11.6 Å². The molecule has 3 aromatic rings. The average Bonchev–Trinajstić information content (AvgIpc) is 3.28. The molecule has 0 unspecified atom stereocenters. The molecule has 7 N–H and O–H groups in total. The molecule has 0 saturated heterocycles. The number of fused-ring (bicyclic) bond motifs is 1. The zero-order valence-electron chi connectivity index (χ0n) is 26.2. The van der Waals surface area contributed by atoms with Crippen LogP contribution in [0.2, 0.25) is 5.15 Å². The van der Waals surface area contributed by atoms with E-state index in [-0.39, 0.29) is 41.5 Å². The van der Waals surface area contributed by atoms with Crippen molar-refractivity contribution in [3.05, 3.63) is 34.9 Å². The third-order valence-electron chi connectivity index (χ3n) is 5.89. The molecular weight excluding hydrogens is 700 g/mol. The second-order valence-electron chi connectivity index (χ2n) is 9.66. The number of aromatic nitrogens is 4. The van der Waals surface area contributed by atoms with Crippen LogP contribution in [0.5, 0.6) is 5.75 Å². The minimum Gasteiger partial charge on any atom is -0.542 e. The van der Waals surface area contributed by atoms with E-state index in [0.29, 0.717) is 24.7 Å². The van der Waals surface area contributed by atoms with Crippen molar-refractivity contribution >= 4 is 58.0 Å². The molecule has 272 valence electrons. The van der Waals surface area contributed by atoms with E-state index in [1.807, 2.05) is 53.3 Å². The SMILES string of the molecule is CCn1c(CNC(=O)c2nc(Cl)c(N)nc2N)[n+](CC(=O)NCCN(C)C)c2ccc(OC)cc21.O=C(O)C(F)(F)F.O=C([O-])C(F)(F)F. The maximum absolute atomic E-state index is 12.8. The number of aliphatic carboxylic acids is 2. The molecule has 2 heterocycles. The maximum Gasteiger partial charge on any atom is 0.490 e. The highest BCUT2D eigenvalue weighted by Crippen LogP contribution is 2.22. The number of imidazole rings is 1. The van der Waals surface area contributed by atoms with Crippen LogP contribution in [-0.4, -0.2) is 94.9 Å². The number of hydrogen-bond acceptors (Lipinski definition) is 11. The number of amides is 2. The number of nitrogens with two attached hydrogens (primary N) is 2. The number of carbonyl (C=O) groups excluding carboxylic acids is 3. The minimum absolute atomic E-state index is 0.0566. The van der Waals surface area contributed by atoms with E-state index in [9.17, 15) is 35.9 Å². The van der Waals surface area contributed by atoms with Crippen LogP contribution in [0, 0.1) is 0 Å². The zero-order chi connectivity index (χ0) is 37.9. The van der Waals surface area contributed by atoms with Crippen LogP contribution in [0.15, 0.2) is 18.2 Å². The number of carboxylic acid groups (broad SMARTS) is 2. The highest BCUT2D eigenvalue weighted by Gasteiger charge is 2.38. The molecule has 16 nitrogen and oxygen atoms in total. The van der Waals surface area contributed by atoms with Crippen molar-refractivity contribution in [3.63, 3.8) is 0 Å². The minimum atomic E-state index is -5.19. The Bertz CT molecular complexity index is 1630. The number of carboxylic acids is 2. The van der Waals surface area contributed by atoms with Crippen molar-refractivity contribution in [3.8, 4) is 5.75 Å². The van der Waals surface area contributed by atoms with E-state index in [0.717, 1.165) is 17.6 Å². The van der Waals surface area contributed by atoms with Gasteiger partial charge in [0.1, 0.15) is 18.3 Å². The van der Waals surface area contributed by atoms with Gasteiger partial charge in [-0.2, -0.15) is 26.3 Å². The monoisotopic (exact) mass is 731 g/mol. The van der Waals surface area contributed by atoms with Crippen LogP contribution in [0.4, 0.5) is 38.0 Å². The second-order valence-corrected chi connectivity index (χ2v) is 10.0. The fourth-order valence-electron chi connectivity index (χ4n) is 3.69. The van der Waals surface area contributed by atoms with Gasteiger partial charge in [0.25, 0.3) is 17.6 Å². The van der Waals surface area contributed by atoms with Crippen molar-refractivity contribution in [2.75, 3.05) is 45.8 Å². The summed E-state index contributed by atoms with van der Waals surface area (Å²) in [7, 11) is 5.47. The molecule has 0 fully saturated rings. The molecule has 1 aromatic carbocycles. The number of nitrogens with one attached hydrogen (secondary N) is 2. The van der Waals surface area contributed by atoms with Gasteiger partial charge in [-0.05, 0) is 33.2 Å². The number of methoxy groups -OCH3 is 1. The van der Waals surface area contributed by atoms with Gasteiger partial charge in [-0.1, -0.05) is 11.6 Å². The summed E-state index contributed by atoms with van der Waals surface area (Å²) < 4.78 is 72.6. The van der Waals surface area contributed by atoms with Crippen LogP contribution in [0.3, 0.4) is 0 Å². The maximum atomic E-state index is 12.8. The summed E-state index contributed by atoms with van der Waals surface area (Å²) in [6, 6.07) is 5.62. The van der Waals surface area contributed by atoms with E-state index < -0.39 is 30.2 Å². The first kappa shape index (κ1) is 41.9. The zero-order valence-corrected chi connectivity index (χ0v) is 27.0. The average molecular weight is 732 g/mol. The van der Waals surface area contributed by atoms with Gasteiger partial charge in [-0.25, -0.2) is 23.9 Å². The summed E-state index contributed by atoms with van der Waals surface area (Å²) in [4.78, 5) is 53.1. The first-order chi connectivity index (χ1) is 22.5. The standard InChI is InChI=1S/C22H30ClN9O3.2C2HF3O2/c1-5-31-15-10-13(35-4)6-7-14(15)32(12-16(33)26-8-9-30(2)3)17(31)11-27-22(34)18-20(24)29-21(25)19(23)28-18;2*3-2(4,5)1(6)7/h6-7,10H,5,8-9,11-12H2,1-4H3,(H5-,24,25,26,27,29,33,34);2*(H,6,7). The third-order valence-corrected chi connectivity index (χ3v) is 6.17. The van der Waals surface area contributed by atoms with E-state index in [2.05, 4.69) is 20.6 Å². The Hall–Kier alpha value is -5.12. The first-order valence-electron chi connectivity index (χ1n) is 13.5. The molecular formula is C26H32ClF6N9O7. The van der Waals surface area contributed by atoms with Crippen molar-refractivity contribution < 1.29 is 65.0 Å². The Morgan fingerprint density at radius 3 is 2.10 bits per heavy atom. The van der Waals surface area contributed by atoms with Gasteiger partial charge in [-0.15, -0.1) is 0 Å². The molecule has 49 heavy (non-hydrogen) atoms. The van der Waals surface area contributed by atoms with Gasteiger partial charge in [0, 0.05) is 19.2 Å². The van der Waals surface area contributed by atoms with Gasteiger partial charge in [0.2, 0.25) is 0 Å². The van der Waals surface area contributed by atoms with Gasteiger partial charge < -0.3 is 46.7 Å². The number of carbonyl (C=O) groups is 4. The Morgan fingerprint density at radius 2 is 1.63 bits per heavy atom. The number of ether oxygens (including phenoxy) is 1. The van der Waals surface area contributed by atoms with Crippen molar-refractivity contribution in [1.29, 1.82) is 0 Å². The number of anilines is 2. The number of hydrogen-bond donors (Lipinski definition) is 5. The molecule has 0 atom stereocenters. The summed E-state index contributed by atoms with van der Waals surface area (Å²) in [5.74, 6) is -5.26. The molecule has 23 heteroatoms. The van der Waals surface area contributed by atoms with E-state index >= 15 is 0 Å². The molecule has 3 rings (SSSR count). The lowest BCUT2D eigenvalue weighted by atomic mass is 10.3. The highest BCUT2D eigenvalue weighted by atomic mass is 35.5. The summed E-state index contributed by atoms with van der Waals surface area (Å²) in [5.41, 5.74) is 13.0. The number of nitrogen functional groups attached to an aromatic ring is 2. The lowest BCUT2D eigenvalue weighted by Crippen LogP contribution is -2.48. The number of halogens is 7. The Kier molecular flexibility index (Phi) is 15.3. The van der Waals surface area contributed by atoms with Gasteiger partial charge >= 0.3 is 18.3 Å². The van der Waals surface area contributed by atoms with Crippen molar-refractivity contribution in [2.45, 2.75) is 38.9 Å². The Morgan fingerprint density at radius 1 is 1.06 bits per heavy atom. The van der Waals surface area contributed by atoms with E-state index in [1.54, 1.807) is 7.11 Å². The van der Waals surface area contributed by atoms with Gasteiger partial charge in [-0.3, -0.25) is 9.59 Å². The highest BCUT2D eigenvalue weighted by molar-refractivity contribution is 6.31. The summed E-state index contributed by atoms with van der Waals surface area (Å²) in [5, 5.41) is 21.5. The second kappa shape index (κ2) is 17.9. The van der Waals surface area contributed by atoms with Crippen molar-refractivity contribution in [2.24, 2.45) is 0 Å². The lowest BCUT2D eigenvalue weighted by molar-refractivity contribution is -0.667. The number of likely N-dealkylation sites (N-methyl/N-ethyl adjacent to an activating group) is 1. The molecule has 0 aliphatic heterocycles. The molecule has 0 bridgehead atoms. The normalized spacial score (nSPS) is 11.2. The molecule has 0 radical (unpaired) electrons. The van der Waals surface area contributed by atoms with Crippen LogP contribution in [0.1, 0.15) is 23.2 Å². The number of benzene rings is 1. The predicted octanol–water partition coefficient (Wildman–Crippen LogP) is 0.105. The fourth-order valence-corrected chi connectivity index (χ4v) is 3.82. The summed E-state index contributed by atoms with van der Waals surface area (Å²) in [6.07, 6.45) is -10.3. The fraction of sp³-hybridized carbons (Fsp3) is 0.423. The number of nitrogens with zero attached hydrogens (tertiary/aromatic N) is 5. The Labute approximate surface area is 278 Å². The quantitative estimate of drug-likeness (QED) is 0.138. The Balaban J connectivity index is 0.000000717. The molecule has 0 spiro atoms. The topological polar surface area (TPSA) is 235 Å². The molecule has 2 aromatic heterocycles. The van der Waals surface area contributed by atoms with Crippen molar-refractivity contribution in [1.82, 2.24) is 30.1 Å². The first-order valence-corrected chi connectivity index (χ1v) is 13.9. The number of alkyl halides is 6. The molecule has 0 aliphatic rings. The van der Waals surface area contributed by atoms with E-state index in [4.69, 9.17) is 47.6 Å². The smallest absolute Gasteiger partial charge is 0.490 e. The summed E-state index contributed by atoms with van der Waals surface area (Å²) in [6.45, 7) is 3.99. The third kappa shape index (κ3) is 12.8. The molecule has 0 aliphatic carbocycles. The summed E-state index contributed by atoms with van der Waals surface area (Å²) >= 11 is 5.92. The van der Waals surface area contributed by atoms with Crippen LogP contribution < -0.4 is 36.5 Å². The van der Waals surface area contributed by atoms with Gasteiger partial charge in [0.05, 0.1) is 13.7 Å². The van der Waals surface area contributed by atoms with Gasteiger partial charge in [0.15, 0.2) is 40.1 Å². The van der Waals surface area contributed by atoms with Crippen LogP contribution in [0.25, 0.3) is 11.0 Å². The predicted molar refractivity (Wildman–Crippen MR) is 158 cm³/mol. The largest absolute Gasteiger partial charge is 0.542 e. The lowest BCUT2D eigenvalue weighted by Gasteiger charge is -2.11. The van der Waals surface area contributed by atoms with Crippen LogP contribution in [-0.2, 0) is 34.0 Å². The molecule has 0 saturated carbocycles.